The van der Waals surface area contributed by atoms with Gasteiger partial charge in [-0.2, -0.15) is 0 Å². The molecule has 10 nitrogen and oxygen atoms in total. The van der Waals surface area contributed by atoms with E-state index in [2.05, 4.69) is 15.6 Å². The largest absolute Gasteiger partial charge is 0.493 e. The highest BCUT2D eigenvalue weighted by atomic mass is 19.1. The number of amides is 1. The summed E-state index contributed by atoms with van der Waals surface area (Å²) in [6, 6.07) is 19.0. The number of pyridine rings is 1. The average molecular weight is 617 g/mol. The Kier molecular flexibility index (Phi) is 9.58. The summed E-state index contributed by atoms with van der Waals surface area (Å²) >= 11 is 0. The quantitative estimate of drug-likeness (QED) is 0.215. The highest BCUT2D eigenvalue weighted by molar-refractivity contribution is 5.88. The lowest BCUT2D eigenvalue weighted by atomic mass is 9.99. The number of aliphatic hydroxyl groups is 1. The average Bonchev–Trinajstić information content (AvgIpc) is 3.08. The van der Waals surface area contributed by atoms with E-state index in [4.69, 9.17) is 18.9 Å². The topological polar surface area (TPSA) is 114 Å². The number of piperidine rings is 1. The summed E-state index contributed by atoms with van der Waals surface area (Å²) in [6.07, 6.45) is 1.86. The third kappa shape index (κ3) is 7.28. The summed E-state index contributed by atoms with van der Waals surface area (Å²) in [7, 11) is 1.57. The monoisotopic (exact) mass is 616 g/mol. The van der Waals surface area contributed by atoms with Crippen LogP contribution in [0.3, 0.4) is 0 Å². The van der Waals surface area contributed by atoms with Gasteiger partial charge in [-0.15, -0.1) is 0 Å². The van der Waals surface area contributed by atoms with Gasteiger partial charge in [-0.3, -0.25) is 9.78 Å². The lowest BCUT2D eigenvalue weighted by molar-refractivity contribution is -0.146. The molecule has 6 rings (SSSR count). The van der Waals surface area contributed by atoms with Crippen LogP contribution in [-0.4, -0.2) is 73.6 Å². The van der Waals surface area contributed by atoms with Gasteiger partial charge in [0.25, 0.3) is 5.91 Å². The van der Waals surface area contributed by atoms with Crippen molar-refractivity contribution in [2.24, 2.45) is 5.92 Å². The van der Waals surface area contributed by atoms with E-state index in [-0.39, 0.29) is 17.5 Å². The second-order valence-corrected chi connectivity index (χ2v) is 11.2. The number of methoxy groups -OCH3 is 1. The number of nitrogens with zero attached hydrogens (tertiary/aromatic N) is 2. The Morgan fingerprint density at radius 2 is 1.91 bits per heavy atom. The molecular weight excluding hydrogens is 579 g/mol. The van der Waals surface area contributed by atoms with E-state index in [1.54, 1.807) is 36.4 Å². The molecular formula is C34H37FN4O6. The third-order valence-corrected chi connectivity index (χ3v) is 8.16. The lowest BCUT2D eigenvalue weighted by Crippen LogP contribution is -2.48. The fraction of sp³-hybridized carbons (Fsp3) is 0.353. The molecule has 11 heteroatoms. The fourth-order valence-corrected chi connectivity index (χ4v) is 5.65. The molecule has 2 atom stereocenters. The maximum atomic E-state index is 15.2. The summed E-state index contributed by atoms with van der Waals surface area (Å²) < 4.78 is 38.8. The minimum Gasteiger partial charge on any atom is -0.493 e. The second-order valence-electron chi connectivity index (χ2n) is 11.2. The van der Waals surface area contributed by atoms with Crippen LogP contribution in [0.1, 0.15) is 24.5 Å². The van der Waals surface area contributed by atoms with Crippen LogP contribution in [-0.2, 0) is 9.53 Å². The molecule has 1 amide bonds. The van der Waals surface area contributed by atoms with Crippen LogP contribution in [0.4, 0.5) is 10.1 Å². The van der Waals surface area contributed by atoms with Gasteiger partial charge < -0.3 is 39.6 Å². The van der Waals surface area contributed by atoms with Crippen LogP contribution in [0, 0.1) is 11.7 Å². The number of anilines is 1. The van der Waals surface area contributed by atoms with Crippen molar-refractivity contribution < 1.29 is 33.2 Å². The molecule has 2 unspecified atom stereocenters. The van der Waals surface area contributed by atoms with Crippen LogP contribution < -0.4 is 24.8 Å². The first-order valence-electron chi connectivity index (χ1n) is 15.2. The normalized spacial score (nSPS) is 17.9. The van der Waals surface area contributed by atoms with Crippen molar-refractivity contribution in [3.8, 4) is 23.0 Å². The number of ether oxygens (including phenoxy) is 4. The molecule has 236 valence electrons. The molecule has 0 aliphatic carbocycles. The number of fused-ring (bicyclic) bond motifs is 1. The van der Waals surface area contributed by atoms with E-state index >= 15 is 4.39 Å². The number of hydrogen-bond donors (Lipinski definition) is 3. The third-order valence-electron chi connectivity index (χ3n) is 8.16. The van der Waals surface area contributed by atoms with Gasteiger partial charge >= 0.3 is 0 Å². The number of hydrogen-bond acceptors (Lipinski definition) is 9. The van der Waals surface area contributed by atoms with E-state index in [1.165, 1.54) is 18.2 Å². The van der Waals surface area contributed by atoms with Gasteiger partial charge in [0.1, 0.15) is 11.9 Å². The van der Waals surface area contributed by atoms with Gasteiger partial charge in [0, 0.05) is 35.9 Å². The van der Waals surface area contributed by atoms with Crippen molar-refractivity contribution in [3.63, 3.8) is 0 Å². The van der Waals surface area contributed by atoms with E-state index in [9.17, 15) is 9.90 Å². The predicted molar refractivity (Wildman–Crippen MR) is 167 cm³/mol. The Bertz CT molecular complexity index is 1620. The van der Waals surface area contributed by atoms with E-state index < -0.39 is 18.0 Å². The van der Waals surface area contributed by atoms with Crippen molar-refractivity contribution in [1.29, 1.82) is 0 Å². The predicted octanol–water partition coefficient (Wildman–Crippen LogP) is 4.88. The molecule has 0 spiro atoms. The number of rotatable bonds is 10. The summed E-state index contributed by atoms with van der Waals surface area (Å²) in [4.78, 5) is 19.0. The SMILES string of the molecule is COc1cc2c(Oc3ccc(NC(O)C(=O)N4CCOC(c5ccccc5)C4)cc3F)ccnc2cc1OCC1CCNCC1. The maximum Gasteiger partial charge on any atom is 0.272 e. The second kappa shape index (κ2) is 14.1. The summed E-state index contributed by atoms with van der Waals surface area (Å²) in [6.45, 7) is 3.56. The number of aliphatic hydroxyl groups excluding tert-OH is 1. The molecule has 2 saturated heterocycles. The smallest absolute Gasteiger partial charge is 0.272 e. The maximum absolute atomic E-state index is 15.2. The standard InChI is InChI=1S/C34H37FN4O6/c1-42-30-18-25-27(19-31(30)44-21-22-9-12-36-13-10-22)37-14-11-28(25)45-29-8-7-24(17-26(29)35)38-33(40)34(41)39-15-16-43-32(20-39)23-5-3-2-4-6-23/h2-8,11,14,17-19,22,32-33,36,38,40H,9-10,12-13,15-16,20-21H2,1H3. The molecule has 0 saturated carbocycles. The van der Waals surface area contributed by atoms with Gasteiger partial charge in [0.2, 0.25) is 6.23 Å². The summed E-state index contributed by atoms with van der Waals surface area (Å²) in [5.74, 6) is 0.765. The number of benzene rings is 3. The first-order valence-corrected chi connectivity index (χ1v) is 15.2. The Balaban J connectivity index is 1.11. The number of carbonyl (C=O) groups excluding carboxylic acids is 1. The fourth-order valence-electron chi connectivity index (χ4n) is 5.65. The number of aromatic nitrogens is 1. The molecule has 2 aliphatic rings. The molecule has 1 aromatic heterocycles. The molecule has 0 bridgehead atoms. The van der Waals surface area contributed by atoms with Gasteiger partial charge in [-0.05, 0) is 61.7 Å². The Morgan fingerprint density at radius 3 is 2.69 bits per heavy atom. The van der Waals surface area contributed by atoms with E-state index in [1.807, 2.05) is 30.3 Å². The van der Waals surface area contributed by atoms with Gasteiger partial charge in [0.05, 0.1) is 32.4 Å². The number of nitrogens with one attached hydrogen (secondary N) is 2. The lowest BCUT2D eigenvalue weighted by Gasteiger charge is -2.34. The van der Waals surface area contributed by atoms with Crippen LogP contribution in [0.5, 0.6) is 23.0 Å². The zero-order valence-electron chi connectivity index (χ0n) is 25.1. The number of carbonyl (C=O) groups is 1. The van der Waals surface area contributed by atoms with Crippen molar-refractivity contribution in [3.05, 3.63) is 84.3 Å². The Hall–Kier alpha value is -4.45. The molecule has 2 fully saturated rings. The molecule has 2 aliphatic heterocycles. The van der Waals surface area contributed by atoms with E-state index in [0.717, 1.165) is 31.5 Å². The first kappa shape index (κ1) is 30.6. The van der Waals surface area contributed by atoms with Gasteiger partial charge in [0.15, 0.2) is 23.1 Å². The van der Waals surface area contributed by atoms with Crippen molar-refractivity contribution in [2.75, 3.05) is 51.8 Å². The van der Waals surface area contributed by atoms with Crippen molar-refractivity contribution in [2.45, 2.75) is 25.2 Å². The highest BCUT2D eigenvalue weighted by Crippen LogP contribution is 2.38. The zero-order chi connectivity index (χ0) is 31.2. The minimum atomic E-state index is -1.56. The number of morpholine rings is 1. The Labute approximate surface area is 261 Å². The van der Waals surface area contributed by atoms with Gasteiger partial charge in [-0.1, -0.05) is 30.3 Å². The summed E-state index contributed by atoms with van der Waals surface area (Å²) in [5, 5.41) is 17.3. The molecule has 4 aromatic rings. The zero-order valence-corrected chi connectivity index (χ0v) is 25.1. The molecule has 3 heterocycles. The van der Waals surface area contributed by atoms with Crippen molar-refractivity contribution >= 4 is 22.5 Å². The number of halogens is 1. The van der Waals surface area contributed by atoms with Crippen LogP contribution >= 0.6 is 0 Å². The van der Waals surface area contributed by atoms with Crippen LogP contribution in [0.2, 0.25) is 0 Å². The van der Waals surface area contributed by atoms with Gasteiger partial charge in [-0.25, -0.2) is 4.39 Å². The Morgan fingerprint density at radius 1 is 1.09 bits per heavy atom. The highest BCUT2D eigenvalue weighted by Gasteiger charge is 2.29. The molecule has 45 heavy (non-hydrogen) atoms. The van der Waals surface area contributed by atoms with Crippen molar-refractivity contribution in [1.82, 2.24) is 15.2 Å². The molecule has 0 radical (unpaired) electrons. The molecule has 3 aromatic carbocycles. The first-order chi connectivity index (χ1) is 22.0. The minimum absolute atomic E-state index is 0.0297. The van der Waals surface area contributed by atoms with Crippen LogP contribution in [0.15, 0.2) is 72.9 Å². The summed E-state index contributed by atoms with van der Waals surface area (Å²) in [5.41, 5.74) is 1.80. The van der Waals surface area contributed by atoms with Crippen LogP contribution in [0.25, 0.3) is 10.9 Å². The van der Waals surface area contributed by atoms with E-state index in [0.29, 0.717) is 60.4 Å². The molecule has 3 N–H and O–H groups in total.